The van der Waals surface area contributed by atoms with Crippen LogP contribution in [-0.2, 0) is 0 Å². The fourth-order valence-corrected chi connectivity index (χ4v) is 7.62. The molecule has 10 rings (SSSR count). The predicted octanol–water partition coefficient (Wildman–Crippen LogP) is 14.4. The van der Waals surface area contributed by atoms with Gasteiger partial charge in [-0.1, -0.05) is 127 Å². The number of fused-ring (bicyclic) bond motifs is 6. The van der Waals surface area contributed by atoms with E-state index >= 15 is 0 Å². The van der Waals surface area contributed by atoms with E-state index in [-0.39, 0.29) is 0 Å². The largest absolute Gasteiger partial charge is 0.456 e. The van der Waals surface area contributed by atoms with Gasteiger partial charge in [0.2, 0.25) is 0 Å². The molecule has 1 heterocycles. The smallest absolute Gasteiger partial charge is 0.137 e. The lowest BCUT2D eigenvalue weighted by molar-refractivity contribution is 0.669. The van der Waals surface area contributed by atoms with Gasteiger partial charge in [0, 0.05) is 45.3 Å². The molecule has 0 aliphatic rings. The third-order valence-electron chi connectivity index (χ3n) is 10.1. The van der Waals surface area contributed by atoms with E-state index in [1.807, 2.05) is 12.1 Å². The maximum atomic E-state index is 6.39. The first-order valence-corrected chi connectivity index (χ1v) is 18.0. The highest BCUT2D eigenvalue weighted by atomic mass is 16.3. The third kappa shape index (κ3) is 5.75. The van der Waals surface area contributed by atoms with Crippen LogP contribution in [0.5, 0.6) is 0 Å². The van der Waals surface area contributed by atoms with Crippen molar-refractivity contribution in [2.24, 2.45) is 0 Å². The van der Waals surface area contributed by atoms with Gasteiger partial charge in [0.25, 0.3) is 0 Å². The Labute approximate surface area is 308 Å². The lowest BCUT2D eigenvalue weighted by Crippen LogP contribution is -2.10. The minimum atomic E-state index is 0.862. The maximum Gasteiger partial charge on any atom is 0.137 e. The van der Waals surface area contributed by atoms with E-state index in [0.29, 0.717) is 0 Å². The summed E-state index contributed by atoms with van der Waals surface area (Å²) in [6, 6.07) is 71.1. The van der Waals surface area contributed by atoms with Crippen molar-refractivity contribution in [3.8, 4) is 22.3 Å². The van der Waals surface area contributed by atoms with Crippen LogP contribution < -0.4 is 10.2 Å². The van der Waals surface area contributed by atoms with E-state index in [4.69, 9.17) is 4.42 Å². The Kier molecular flexibility index (Phi) is 7.47. The zero-order valence-electron chi connectivity index (χ0n) is 28.9. The summed E-state index contributed by atoms with van der Waals surface area (Å²) in [5.41, 5.74) is 11.6. The normalized spacial score (nSPS) is 11.4. The number of hydrogen-bond acceptors (Lipinski definition) is 3. The Morgan fingerprint density at radius 2 is 0.906 bits per heavy atom. The lowest BCUT2D eigenvalue weighted by atomic mass is 9.98. The van der Waals surface area contributed by atoms with Crippen molar-refractivity contribution in [3.63, 3.8) is 0 Å². The van der Waals surface area contributed by atoms with Gasteiger partial charge in [0.1, 0.15) is 11.2 Å². The van der Waals surface area contributed by atoms with Gasteiger partial charge in [-0.05, 0) is 111 Å². The molecule has 0 spiro atoms. The van der Waals surface area contributed by atoms with Crippen LogP contribution >= 0.6 is 0 Å². The van der Waals surface area contributed by atoms with Gasteiger partial charge in [0.15, 0.2) is 0 Å². The minimum absolute atomic E-state index is 0.862. The number of anilines is 5. The molecule has 1 aromatic heterocycles. The molecule has 0 saturated carbocycles. The topological polar surface area (TPSA) is 28.4 Å². The van der Waals surface area contributed by atoms with Crippen molar-refractivity contribution in [1.29, 1.82) is 0 Å². The van der Waals surface area contributed by atoms with Crippen LogP contribution in [0.3, 0.4) is 0 Å². The number of rotatable bonds is 7. The molecule has 0 saturated heterocycles. The average molecular weight is 679 g/mol. The molecule has 0 aliphatic heterocycles. The summed E-state index contributed by atoms with van der Waals surface area (Å²) < 4.78 is 6.39. The molecular formula is C50H34N2O. The van der Waals surface area contributed by atoms with Crippen molar-refractivity contribution in [1.82, 2.24) is 0 Å². The molecule has 3 nitrogen and oxygen atoms in total. The first kappa shape index (κ1) is 30.7. The van der Waals surface area contributed by atoms with Crippen molar-refractivity contribution in [3.05, 3.63) is 200 Å². The van der Waals surface area contributed by atoms with Gasteiger partial charge in [-0.25, -0.2) is 0 Å². The second kappa shape index (κ2) is 12.9. The van der Waals surface area contributed by atoms with E-state index in [1.54, 1.807) is 0 Å². The van der Waals surface area contributed by atoms with Gasteiger partial charge >= 0.3 is 0 Å². The Balaban J connectivity index is 1.10. The summed E-state index contributed by atoms with van der Waals surface area (Å²) in [5, 5.41) is 10.9. The van der Waals surface area contributed by atoms with Crippen LogP contribution in [0.4, 0.5) is 28.4 Å². The zero-order chi connectivity index (χ0) is 35.1. The Bertz CT molecular complexity index is 2870. The summed E-state index contributed by atoms with van der Waals surface area (Å²) in [6.45, 7) is 0. The average Bonchev–Trinajstić information content (AvgIpc) is 3.59. The van der Waals surface area contributed by atoms with Crippen LogP contribution in [0, 0.1) is 0 Å². The van der Waals surface area contributed by atoms with Gasteiger partial charge in [-0.2, -0.15) is 0 Å². The molecule has 0 bridgehead atoms. The maximum absolute atomic E-state index is 6.39. The van der Waals surface area contributed by atoms with Crippen molar-refractivity contribution in [2.75, 3.05) is 10.2 Å². The van der Waals surface area contributed by atoms with Crippen LogP contribution in [0.15, 0.2) is 205 Å². The second-order valence-electron chi connectivity index (χ2n) is 13.5. The highest BCUT2D eigenvalue weighted by Crippen LogP contribution is 2.41. The quantitative estimate of drug-likeness (QED) is 0.170. The molecule has 250 valence electrons. The standard InChI is InChI=1S/C50H34N2O/c1-3-12-34(13-4-1)38-28-39(35-14-5-2-6-15-35)30-41(29-38)51-40-17-11-18-42(32-40)52(44-25-27-48-47-20-9-10-21-49(47)53-50(48)33-44)43-24-26-46-37(31-43)23-22-36-16-7-8-19-45(36)46/h1-33,51H. The first-order valence-electron chi connectivity index (χ1n) is 18.0. The van der Waals surface area contributed by atoms with Crippen LogP contribution in [0.1, 0.15) is 0 Å². The minimum Gasteiger partial charge on any atom is -0.456 e. The van der Waals surface area contributed by atoms with E-state index in [9.17, 15) is 0 Å². The number of nitrogens with one attached hydrogen (secondary N) is 1. The number of hydrogen-bond donors (Lipinski definition) is 1. The van der Waals surface area contributed by atoms with Gasteiger partial charge in [-0.3, -0.25) is 0 Å². The summed E-state index contributed by atoms with van der Waals surface area (Å²) in [6.07, 6.45) is 0. The lowest BCUT2D eigenvalue weighted by Gasteiger charge is -2.26. The predicted molar refractivity (Wildman–Crippen MR) is 224 cm³/mol. The fraction of sp³-hybridized carbons (Fsp3) is 0. The highest BCUT2D eigenvalue weighted by Gasteiger charge is 2.17. The molecular weight excluding hydrogens is 645 g/mol. The number of benzene rings is 9. The fourth-order valence-electron chi connectivity index (χ4n) is 7.62. The number of furan rings is 1. The summed E-state index contributed by atoms with van der Waals surface area (Å²) >= 11 is 0. The van der Waals surface area contributed by atoms with E-state index in [1.165, 1.54) is 32.7 Å². The molecule has 0 unspecified atom stereocenters. The van der Waals surface area contributed by atoms with Gasteiger partial charge in [-0.15, -0.1) is 0 Å². The molecule has 0 amide bonds. The Hall–Kier alpha value is -7.10. The highest BCUT2D eigenvalue weighted by molar-refractivity contribution is 6.09. The van der Waals surface area contributed by atoms with Crippen molar-refractivity contribution >= 4 is 71.9 Å². The van der Waals surface area contributed by atoms with Crippen molar-refractivity contribution < 1.29 is 4.42 Å². The third-order valence-corrected chi connectivity index (χ3v) is 10.1. The Morgan fingerprint density at radius 3 is 1.68 bits per heavy atom. The molecule has 0 radical (unpaired) electrons. The SMILES string of the molecule is c1ccc(-c2cc(Nc3cccc(N(c4ccc5c(ccc6ccccc65)c4)c4ccc5c(c4)oc4ccccc45)c3)cc(-c3ccccc3)c2)cc1. The molecule has 0 aliphatic carbocycles. The van der Waals surface area contributed by atoms with E-state index in [0.717, 1.165) is 61.5 Å². The summed E-state index contributed by atoms with van der Waals surface area (Å²) in [5.74, 6) is 0. The zero-order valence-corrected chi connectivity index (χ0v) is 28.9. The van der Waals surface area contributed by atoms with Crippen LogP contribution in [-0.4, -0.2) is 0 Å². The summed E-state index contributed by atoms with van der Waals surface area (Å²) in [4.78, 5) is 2.32. The van der Waals surface area contributed by atoms with Crippen LogP contribution in [0.2, 0.25) is 0 Å². The molecule has 53 heavy (non-hydrogen) atoms. The van der Waals surface area contributed by atoms with Crippen molar-refractivity contribution in [2.45, 2.75) is 0 Å². The number of para-hydroxylation sites is 1. The van der Waals surface area contributed by atoms with Gasteiger partial charge < -0.3 is 14.6 Å². The molecule has 0 fully saturated rings. The molecule has 0 atom stereocenters. The molecule has 9 aromatic carbocycles. The van der Waals surface area contributed by atoms with Crippen LogP contribution in [0.25, 0.3) is 65.7 Å². The monoisotopic (exact) mass is 678 g/mol. The summed E-state index contributed by atoms with van der Waals surface area (Å²) in [7, 11) is 0. The molecule has 1 N–H and O–H groups in total. The first-order chi connectivity index (χ1) is 26.2. The van der Waals surface area contributed by atoms with E-state index in [2.05, 4.69) is 198 Å². The molecule has 3 heteroatoms. The van der Waals surface area contributed by atoms with E-state index < -0.39 is 0 Å². The molecule has 10 aromatic rings. The number of nitrogens with zero attached hydrogens (tertiary/aromatic N) is 1. The Morgan fingerprint density at radius 1 is 0.321 bits per heavy atom. The van der Waals surface area contributed by atoms with Gasteiger partial charge in [0.05, 0.1) is 0 Å². The second-order valence-corrected chi connectivity index (χ2v) is 13.5.